The summed E-state index contributed by atoms with van der Waals surface area (Å²) in [5, 5.41) is 10.4. The van der Waals surface area contributed by atoms with Gasteiger partial charge in [-0.1, -0.05) is 23.7 Å². The summed E-state index contributed by atoms with van der Waals surface area (Å²) in [7, 11) is 0. The summed E-state index contributed by atoms with van der Waals surface area (Å²) in [5.41, 5.74) is 2.92. The van der Waals surface area contributed by atoms with E-state index in [0.717, 1.165) is 18.4 Å². The number of benzene rings is 2. The van der Waals surface area contributed by atoms with E-state index >= 15 is 0 Å². The number of halogens is 2. The number of hydrogen-bond donors (Lipinski definition) is 2. The van der Waals surface area contributed by atoms with E-state index in [9.17, 15) is 14.0 Å². The van der Waals surface area contributed by atoms with E-state index in [-0.39, 0.29) is 24.2 Å². The predicted octanol–water partition coefficient (Wildman–Crippen LogP) is 4.00. The van der Waals surface area contributed by atoms with Crippen molar-refractivity contribution >= 4 is 29.5 Å². The van der Waals surface area contributed by atoms with Gasteiger partial charge in [-0.3, -0.25) is 9.59 Å². The number of carbonyl (C=O) groups is 2. The van der Waals surface area contributed by atoms with Crippen LogP contribution in [0.5, 0.6) is 5.75 Å². The summed E-state index contributed by atoms with van der Waals surface area (Å²) in [5.74, 6) is -0.0775. The van der Waals surface area contributed by atoms with E-state index in [1.165, 1.54) is 22.9 Å². The summed E-state index contributed by atoms with van der Waals surface area (Å²) in [6, 6.07) is 13.6. The molecule has 2 N–H and O–H groups in total. The average Bonchev–Trinajstić information content (AvgIpc) is 3.61. The van der Waals surface area contributed by atoms with Gasteiger partial charge in [0.05, 0.1) is 11.4 Å². The van der Waals surface area contributed by atoms with Crippen molar-refractivity contribution in [1.82, 2.24) is 20.4 Å². The standard InChI is InChI=1S/C26H26ClFN4O3/c1-17-23(26(27)32(31-17)21-8-4-19(28)5-9-21)12-13-24(33)29-15-14-18-2-10-22(11-3-18)35-16-25(34)30-20-6-7-20/h2-5,8-13,20H,6-7,14-16H2,1H3,(H,29,33)(H,30,34)/b13-12+. The van der Waals surface area contributed by atoms with E-state index in [1.54, 1.807) is 25.1 Å². The van der Waals surface area contributed by atoms with Crippen LogP contribution in [0.25, 0.3) is 11.8 Å². The van der Waals surface area contributed by atoms with Gasteiger partial charge in [0, 0.05) is 24.2 Å². The molecule has 1 fully saturated rings. The SMILES string of the molecule is Cc1nn(-c2ccc(F)cc2)c(Cl)c1/C=C/C(=O)NCCc1ccc(OCC(=O)NC2CC2)cc1. The lowest BCUT2D eigenvalue weighted by atomic mass is 10.1. The Kier molecular flexibility index (Phi) is 7.82. The highest BCUT2D eigenvalue weighted by molar-refractivity contribution is 6.31. The topological polar surface area (TPSA) is 85.2 Å². The van der Waals surface area contributed by atoms with Gasteiger partial charge in [0.15, 0.2) is 6.61 Å². The number of ether oxygens (including phenoxy) is 1. The van der Waals surface area contributed by atoms with Gasteiger partial charge in [0.1, 0.15) is 16.7 Å². The zero-order chi connectivity index (χ0) is 24.8. The molecule has 1 heterocycles. The highest BCUT2D eigenvalue weighted by atomic mass is 35.5. The number of nitrogens with one attached hydrogen (secondary N) is 2. The molecule has 1 aliphatic rings. The Morgan fingerprint density at radius 2 is 1.89 bits per heavy atom. The molecule has 0 spiro atoms. The Hall–Kier alpha value is -3.65. The van der Waals surface area contributed by atoms with Crippen molar-refractivity contribution in [3.63, 3.8) is 0 Å². The van der Waals surface area contributed by atoms with Gasteiger partial charge >= 0.3 is 0 Å². The molecule has 35 heavy (non-hydrogen) atoms. The average molecular weight is 497 g/mol. The molecule has 0 saturated heterocycles. The minimum atomic E-state index is -0.344. The first-order valence-corrected chi connectivity index (χ1v) is 11.7. The van der Waals surface area contributed by atoms with Crippen molar-refractivity contribution in [3.05, 3.63) is 82.4 Å². The summed E-state index contributed by atoms with van der Waals surface area (Å²) in [6.45, 7) is 2.25. The van der Waals surface area contributed by atoms with E-state index in [1.807, 2.05) is 24.3 Å². The van der Waals surface area contributed by atoms with Crippen LogP contribution in [0.3, 0.4) is 0 Å². The van der Waals surface area contributed by atoms with Crippen LogP contribution >= 0.6 is 11.6 Å². The van der Waals surface area contributed by atoms with Crippen LogP contribution in [0.2, 0.25) is 5.15 Å². The van der Waals surface area contributed by atoms with Crippen LogP contribution in [-0.4, -0.2) is 40.8 Å². The van der Waals surface area contributed by atoms with Gasteiger partial charge in [-0.25, -0.2) is 9.07 Å². The van der Waals surface area contributed by atoms with Crippen LogP contribution < -0.4 is 15.4 Å². The Labute approximate surface area is 207 Å². The molecule has 2 aromatic carbocycles. The fourth-order valence-corrected chi connectivity index (χ4v) is 3.74. The molecule has 0 aliphatic heterocycles. The fraction of sp³-hybridized carbons (Fsp3) is 0.269. The first-order valence-electron chi connectivity index (χ1n) is 11.4. The van der Waals surface area contributed by atoms with Gasteiger partial charge < -0.3 is 15.4 Å². The van der Waals surface area contributed by atoms with Gasteiger partial charge in [0.25, 0.3) is 5.91 Å². The molecule has 0 radical (unpaired) electrons. The number of carbonyl (C=O) groups excluding carboxylic acids is 2. The number of aromatic nitrogens is 2. The molecule has 7 nitrogen and oxygen atoms in total. The number of rotatable bonds is 10. The highest BCUT2D eigenvalue weighted by Crippen LogP contribution is 2.25. The van der Waals surface area contributed by atoms with Crippen molar-refractivity contribution in [2.45, 2.75) is 32.2 Å². The third-order valence-corrected chi connectivity index (χ3v) is 5.83. The molecule has 1 aliphatic carbocycles. The van der Waals surface area contributed by atoms with Gasteiger partial charge in [-0.15, -0.1) is 0 Å². The second kappa shape index (κ2) is 11.2. The van der Waals surface area contributed by atoms with Crippen LogP contribution in [-0.2, 0) is 16.0 Å². The second-order valence-electron chi connectivity index (χ2n) is 8.33. The number of hydrogen-bond acceptors (Lipinski definition) is 4. The first-order chi connectivity index (χ1) is 16.9. The maximum Gasteiger partial charge on any atom is 0.258 e. The lowest BCUT2D eigenvalue weighted by molar-refractivity contribution is -0.123. The smallest absolute Gasteiger partial charge is 0.258 e. The van der Waals surface area contributed by atoms with Gasteiger partial charge in [0.2, 0.25) is 5.91 Å². The Bertz CT molecular complexity index is 1220. The number of amides is 2. The molecule has 3 aromatic rings. The molecule has 4 rings (SSSR count). The molecule has 9 heteroatoms. The normalized spacial score (nSPS) is 13.1. The second-order valence-corrected chi connectivity index (χ2v) is 8.68. The first kappa shape index (κ1) is 24.5. The molecule has 1 saturated carbocycles. The monoisotopic (exact) mass is 496 g/mol. The largest absolute Gasteiger partial charge is 0.484 e. The Morgan fingerprint density at radius 3 is 2.57 bits per heavy atom. The van der Waals surface area contributed by atoms with Crippen LogP contribution in [0.1, 0.15) is 29.7 Å². The van der Waals surface area contributed by atoms with E-state index in [0.29, 0.717) is 46.9 Å². The third-order valence-electron chi connectivity index (χ3n) is 5.47. The molecule has 2 amide bonds. The minimum absolute atomic E-state index is 0.00450. The van der Waals surface area contributed by atoms with Crippen LogP contribution in [0.4, 0.5) is 4.39 Å². The van der Waals surface area contributed by atoms with Gasteiger partial charge in [-0.05, 0) is 74.2 Å². The molecule has 1 aromatic heterocycles. The molecular weight excluding hydrogens is 471 g/mol. The summed E-state index contributed by atoms with van der Waals surface area (Å²) < 4.78 is 20.2. The van der Waals surface area contributed by atoms with Crippen molar-refractivity contribution in [3.8, 4) is 11.4 Å². The van der Waals surface area contributed by atoms with Crippen molar-refractivity contribution in [2.24, 2.45) is 0 Å². The summed E-state index contributed by atoms with van der Waals surface area (Å²) in [4.78, 5) is 24.0. The lowest BCUT2D eigenvalue weighted by Gasteiger charge is -2.08. The summed E-state index contributed by atoms with van der Waals surface area (Å²) in [6.07, 6.45) is 5.76. The maximum atomic E-state index is 13.2. The van der Waals surface area contributed by atoms with Gasteiger partial charge in [-0.2, -0.15) is 5.10 Å². The Morgan fingerprint density at radius 1 is 1.17 bits per heavy atom. The zero-order valence-electron chi connectivity index (χ0n) is 19.3. The van der Waals surface area contributed by atoms with Crippen LogP contribution in [0.15, 0.2) is 54.6 Å². The molecule has 182 valence electrons. The van der Waals surface area contributed by atoms with Crippen LogP contribution in [0, 0.1) is 12.7 Å². The summed E-state index contributed by atoms with van der Waals surface area (Å²) >= 11 is 6.44. The van der Waals surface area contributed by atoms with Crippen molar-refractivity contribution in [2.75, 3.05) is 13.2 Å². The van der Waals surface area contributed by atoms with E-state index in [2.05, 4.69) is 15.7 Å². The molecule has 0 bridgehead atoms. The maximum absolute atomic E-state index is 13.2. The van der Waals surface area contributed by atoms with E-state index < -0.39 is 0 Å². The Balaban J connectivity index is 1.24. The van der Waals surface area contributed by atoms with Crippen molar-refractivity contribution in [1.29, 1.82) is 0 Å². The number of aryl methyl sites for hydroxylation is 1. The zero-order valence-corrected chi connectivity index (χ0v) is 20.0. The molecule has 0 atom stereocenters. The molecular formula is C26H26ClFN4O3. The predicted molar refractivity (Wildman–Crippen MR) is 132 cm³/mol. The van der Waals surface area contributed by atoms with E-state index in [4.69, 9.17) is 16.3 Å². The minimum Gasteiger partial charge on any atom is -0.484 e. The highest BCUT2D eigenvalue weighted by Gasteiger charge is 2.23. The lowest BCUT2D eigenvalue weighted by Crippen LogP contribution is -2.30. The third kappa shape index (κ3) is 6.93. The fourth-order valence-electron chi connectivity index (χ4n) is 3.40. The quantitative estimate of drug-likeness (QED) is 0.415. The van der Waals surface area contributed by atoms with Crippen molar-refractivity contribution < 1.29 is 18.7 Å². The molecule has 0 unspecified atom stereocenters. The number of nitrogens with zero attached hydrogens (tertiary/aromatic N) is 2.